The van der Waals surface area contributed by atoms with Crippen molar-refractivity contribution in [2.45, 2.75) is 143 Å². The lowest BCUT2D eigenvalue weighted by Gasteiger charge is -2.58. The lowest BCUT2D eigenvalue weighted by Crippen LogP contribution is -2.51. The number of allylic oxidation sites excluding steroid dienone is 1. The van der Waals surface area contributed by atoms with Crippen molar-refractivity contribution in [2.75, 3.05) is 19.8 Å². The van der Waals surface area contributed by atoms with E-state index in [0.717, 1.165) is 87.2 Å². The maximum absolute atomic E-state index is 12.7. The molecule has 5 nitrogen and oxygen atoms in total. The van der Waals surface area contributed by atoms with Gasteiger partial charge in [0.2, 0.25) is 5.91 Å². The molecule has 4 aliphatic carbocycles. The van der Waals surface area contributed by atoms with Crippen LogP contribution in [0.3, 0.4) is 0 Å². The van der Waals surface area contributed by atoms with E-state index in [-0.39, 0.29) is 36.2 Å². The molecule has 0 spiro atoms. The molecule has 43 heavy (non-hydrogen) atoms. The quantitative estimate of drug-likeness (QED) is 0.181. The van der Waals surface area contributed by atoms with E-state index in [1.165, 1.54) is 51.4 Å². The molecule has 8 atom stereocenters. The molecule has 1 heterocycles. The standard InChI is InChI=1S/C38H63NO4/c1-26(2)7-6-8-27(3)32-11-12-33-31-10-9-29-25-30(15-20-37(29,4)34(31)16-21-38(32,33)5)43-36(41)14-13-35(40)39-22-17-28-18-23-42-24-19-28/h9,26-28,30-34H,6-8,10-25H2,1-5H3,(H,39,40). The number of esters is 1. The summed E-state index contributed by atoms with van der Waals surface area (Å²) in [5, 5.41) is 3.00. The van der Waals surface area contributed by atoms with E-state index in [1.807, 2.05) is 0 Å². The molecular weight excluding hydrogens is 534 g/mol. The van der Waals surface area contributed by atoms with Gasteiger partial charge in [-0.3, -0.25) is 9.59 Å². The number of carbonyl (C=O) groups is 2. The zero-order valence-corrected chi connectivity index (χ0v) is 28.3. The van der Waals surface area contributed by atoms with Crippen LogP contribution in [0.1, 0.15) is 137 Å². The van der Waals surface area contributed by atoms with Crippen LogP contribution in [0.15, 0.2) is 11.6 Å². The second-order valence-corrected chi connectivity index (χ2v) is 16.3. The van der Waals surface area contributed by atoms with Crippen LogP contribution in [0.25, 0.3) is 0 Å². The lowest BCUT2D eigenvalue weighted by molar-refractivity contribution is -0.152. The van der Waals surface area contributed by atoms with Gasteiger partial charge in [0.25, 0.3) is 0 Å². The van der Waals surface area contributed by atoms with E-state index >= 15 is 0 Å². The van der Waals surface area contributed by atoms with E-state index in [1.54, 1.807) is 5.57 Å². The van der Waals surface area contributed by atoms with Gasteiger partial charge >= 0.3 is 5.97 Å². The highest BCUT2D eigenvalue weighted by Gasteiger charge is 2.59. The minimum Gasteiger partial charge on any atom is -0.462 e. The second kappa shape index (κ2) is 14.4. The average molecular weight is 598 g/mol. The van der Waals surface area contributed by atoms with Gasteiger partial charge in [-0.05, 0) is 116 Å². The summed E-state index contributed by atoms with van der Waals surface area (Å²) >= 11 is 0. The van der Waals surface area contributed by atoms with Crippen LogP contribution in [0.5, 0.6) is 0 Å². The van der Waals surface area contributed by atoms with E-state index in [9.17, 15) is 9.59 Å². The van der Waals surface area contributed by atoms with Crippen molar-refractivity contribution >= 4 is 11.9 Å². The monoisotopic (exact) mass is 597 g/mol. The Kier molecular flexibility index (Phi) is 11.0. The van der Waals surface area contributed by atoms with Crippen LogP contribution in [0.4, 0.5) is 0 Å². The summed E-state index contributed by atoms with van der Waals surface area (Å²) in [6.45, 7) is 14.9. The molecule has 3 saturated carbocycles. The van der Waals surface area contributed by atoms with Crippen molar-refractivity contribution in [1.82, 2.24) is 5.32 Å². The molecule has 5 rings (SSSR count). The molecule has 5 heteroatoms. The molecule has 0 aromatic rings. The fourth-order valence-corrected chi connectivity index (χ4v) is 10.8. The van der Waals surface area contributed by atoms with Gasteiger partial charge in [-0.25, -0.2) is 0 Å². The smallest absolute Gasteiger partial charge is 0.306 e. The molecule has 5 aliphatic rings. The molecule has 4 fully saturated rings. The molecule has 1 amide bonds. The molecule has 8 unspecified atom stereocenters. The summed E-state index contributed by atoms with van der Waals surface area (Å²) in [5.74, 6) is 5.43. The molecule has 244 valence electrons. The summed E-state index contributed by atoms with van der Waals surface area (Å²) in [7, 11) is 0. The first-order valence-corrected chi connectivity index (χ1v) is 18.3. The number of nitrogens with one attached hydrogen (secondary N) is 1. The summed E-state index contributed by atoms with van der Waals surface area (Å²) < 4.78 is 11.4. The summed E-state index contributed by atoms with van der Waals surface area (Å²) in [6, 6.07) is 0. The number of rotatable bonds is 12. The van der Waals surface area contributed by atoms with Gasteiger partial charge < -0.3 is 14.8 Å². The lowest BCUT2D eigenvalue weighted by atomic mass is 9.47. The van der Waals surface area contributed by atoms with Crippen molar-refractivity contribution in [1.29, 1.82) is 0 Å². The third-order valence-electron chi connectivity index (χ3n) is 13.3. The summed E-state index contributed by atoms with van der Waals surface area (Å²) in [4.78, 5) is 25.0. The van der Waals surface area contributed by atoms with Gasteiger partial charge in [0.1, 0.15) is 6.10 Å². The summed E-state index contributed by atoms with van der Waals surface area (Å²) in [5.41, 5.74) is 2.34. The van der Waals surface area contributed by atoms with Crippen molar-refractivity contribution in [2.24, 2.45) is 52.3 Å². The molecule has 0 radical (unpaired) electrons. The first kappa shape index (κ1) is 33.0. The van der Waals surface area contributed by atoms with Gasteiger partial charge in [-0.15, -0.1) is 0 Å². The van der Waals surface area contributed by atoms with Gasteiger partial charge in [0, 0.05) is 32.6 Å². The fraction of sp³-hybridized carbons (Fsp3) is 0.895. The van der Waals surface area contributed by atoms with Gasteiger partial charge in [0.15, 0.2) is 0 Å². The zero-order chi connectivity index (χ0) is 30.6. The first-order chi connectivity index (χ1) is 20.6. The minimum atomic E-state index is -0.213. The summed E-state index contributed by atoms with van der Waals surface area (Å²) in [6.07, 6.45) is 20.1. The Balaban J connectivity index is 1.09. The molecule has 0 aromatic heterocycles. The maximum atomic E-state index is 12.7. The number of hydrogen-bond donors (Lipinski definition) is 1. The molecule has 0 aromatic carbocycles. The normalized spacial score (nSPS) is 36.7. The Hall–Kier alpha value is -1.36. The Bertz CT molecular complexity index is 984. The van der Waals surface area contributed by atoms with Crippen molar-refractivity contribution < 1.29 is 19.1 Å². The first-order valence-electron chi connectivity index (χ1n) is 18.3. The molecule has 0 bridgehead atoms. The Morgan fingerprint density at radius 1 is 0.977 bits per heavy atom. The number of amides is 1. The van der Waals surface area contributed by atoms with Gasteiger partial charge in [-0.1, -0.05) is 65.5 Å². The molecule has 1 N–H and O–H groups in total. The number of hydrogen-bond acceptors (Lipinski definition) is 4. The fourth-order valence-electron chi connectivity index (χ4n) is 10.8. The van der Waals surface area contributed by atoms with Gasteiger partial charge in [0.05, 0.1) is 6.42 Å². The Morgan fingerprint density at radius 3 is 2.53 bits per heavy atom. The molecular formula is C38H63NO4. The number of ether oxygens (including phenoxy) is 2. The van der Waals surface area contributed by atoms with Crippen LogP contribution < -0.4 is 5.32 Å². The van der Waals surface area contributed by atoms with Gasteiger partial charge in [-0.2, -0.15) is 0 Å². The van der Waals surface area contributed by atoms with E-state index < -0.39 is 0 Å². The predicted molar refractivity (Wildman–Crippen MR) is 173 cm³/mol. The average Bonchev–Trinajstić information content (AvgIpc) is 3.34. The number of carbonyl (C=O) groups excluding carboxylic acids is 2. The third kappa shape index (κ3) is 7.55. The van der Waals surface area contributed by atoms with Crippen LogP contribution in [0, 0.1) is 52.3 Å². The van der Waals surface area contributed by atoms with Crippen LogP contribution in [0.2, 0.25) is 0 Å². The largest absolute Gasteiger partial charge is 0.462 e. The molecule has 1 aliphatic heterocycles. The maximum Gasteiger partial charge on any atom is 0.306 e. The number of fused-ring (bicyclic) bond motifs is 5. The Morgan fingerprint density at radius 2 is 1.77 bits per heavy atom. The van der Waals surface area contributed by atoms with E-state index in [2.05, 4.69) is 46.0 Å². The van der Waals surface area contributed by atoms with Crippen molar-refractivity contribution in [3.8, 4) is 0 Å². The zero-order valence-electron chi connectivity index (χ0n) is 28.3. The molecule has 1 saturated heterocycles. The highest BCUT2D eigenvalue weighted by atomic mass is 16.5. The highest BCUT2D eigenvalue weighted by molar-refractivity contribution is 5.81. The third-order valence-corrected chi connectivity index (χ3v) is 13.3. The van der Waals surface area contributed by atoms with Crippen LogP contribution >= 0.6 is 0 Å². The minimum absolute atomic E-state index is 0.0311. The van der Waals surface area contributed by atoms with E-state index in [0.29, 0.717) is 17.9 Å². The van der Waals surface area contributed by atoms with Crippen LogP contribution in [-0.2, 0) is 19.1 Å². The Labute approximate surface area is 263 Å². The topological polar surface area (TPSA) is 64.6 Å². The van der Waals surface area contributed by atoms with Crippen molar-refractivity contribution in [3.63, 3.8) is 0 Å². The SMILES string of the molecule is CC(C)CCCC(C)C1CCC2C3CC=C4CC(OC(=O)CCC(=O)NCCC5CCOCC5)CCC4(C)C3CCC12C. The highest BCUT2D eigenvalue weighted by Crippen LogP contribution is 2.67. The van der Waals surface area contributed by atoms with Crippen molar-refractivity contribution in [3.05, 3.63) is 11.6 Å². The van der Waals surface area contributed by atoms with E-state index in [4.69, 9.17) is 9.47 Å². The second-order valence-electron chi connectivity index (χ2n) is 16.3. The predicted octanol–water partition coefficient (Wildman–Crippen LogP) is 8.65. The van der Waals surface area contributed by atoms with Crippen LogP contribution in [-0.4, -0.2) is 37.7 Å².